The normalized spacial score (nSPS) is 14.4. The molecule has 0 amide bonds. The van der Waals surface area contributed by atoms with E-state index in [0.717, 1.165) is 0 Å². The van der Waals surface area contributed by atoms with E-state index in [1.165, 1.54) is 0 Å². The number of unbranched alkanes of at least 4 members (excludes halogenated alkanes) is 3. The fourth-order valence-corrected chi connectivity index (χ4v) is 1.18. The van der Waals surface area contributed by atoms with Crippen LogP contribution in [-0.2, 0) is 4.57 Å². The second kappa shape index (κ2) is 9.62. The van der Waals surface area contributed by atoms with Crippen LogP contribution in [-0.4, -0.2) is 38.2 Å². The Labute approximate surface area is 116 Å². The van der Waals surface area contributed by atoms with Gasteiger partial charge in [-0.2, -0.15) is 22.0 Å². The van der Waals surface area contributed by atoms with Crippen molar-refractivity contribution < 1.29 is 50.7 Å². The first-order valence-electron chi connectivity index (χ1n) is 5.72. The van der Waals surface area contributed by atoms with E-state index in [9.17, 15) is 26.3 Å². The van der Waals surface area contributed by atoms with E-state index in [4.69, 9.17) is 24.4 Å². The van der Waals surface area contributed by atoms with Gasteiger partial charge in [-0.25, -0.2) is 8.96 Å². The highest BCUT2D eigenvalue weighted by molar-refractivity contribution is 7.45. The van der Waals surface area contributed by atoms with Crippen LogP contribution >= 0.6 is 7.82 Å². The Morgan fingerprint density at radius 3 is 1.62 bits per heavy atom. The third-order valence-electron chi connectivity index (χ3n) is 2.04. The molecule has 0 aromatic heterocycles. The van der Waals surface area contributed by atoms with Gasteiger partial charge in [0.05, 0.1) is 0 Å². The van der Waals surface area contributed by atoms with Crippen molar-refractivity contribution in [2.45, 2.75) is 57.0 Å². The largest absolute Gasteiger partial charge is 0.466 e. The summed E-state index contributed by atoms with van der Waals surface area (Å²) in [6.45, 7) is 0. The summed E-state index contributed by atoms with van der Waals surface area (Å²) in [6.07, 6.45) is -12.3. The third kappa shape index (κ3) is 25.0. The highest BCUT2D eigenvalue weighted by atomic mass is 31.2. The van der Waals surface area contributed by atoms with E-state index in [2.05, 4.69) is 0 Å². The second-order valence-electron chi connectivity index (χ2n) is 4.14. The van der Waals surface area contributed by atoms with E-state index in [-0.39, 0.29) is 25.7 Å². The summed E-state index contributed by atoms with van der Waals surface area (Å²) in [5, 5.41) is 7.94. The van der Waals surface area contributed by atoms with E-state index < -0.39 is 39.1 Å². The van der Waals surface area contributed by atoms with Crippen molar-refractivity contribution in [1.29, 1.82) is 0 Å². The van der Waals surface area contributed by atoms with Crippen LogP contribution in [0, 0.1) is 0 Å². The number of rotatable bonds is 7. The average molecular weight is 350 g/mol. The number of aliphatic hydroxyl groups is 1. The Hall–Kier alpha value is -0.350. The Bertz CT molecular complexity index is 304. The monoisotopic (exact) mass is 350 g/mol. The maximum atomic E-state index is 12.4. The van der Waals surface area contributed by atoms with Crippen LogP contribution in [0.4, 0.5) is 26.3 Å². The molecule has 12 heteroatoms. The lowest BCUT2D eigenvalue weighted by Gasteiger charge is -2.13. The highest BCUT2D eigenvalue weighted by Crippen LogP contribution is 2.26. The van der Waals surface area contributed by atoms with E-state index in [0.29, 0.717) is 0 Å². The second-order valence-corrected chi connectivity index (χ2v) is 5.16. The van der Waals surface area contributed by atoms with Crippen molar-refractivity contribution in [1.82, 2.24) is 0 Å². The number of alkyl halides is 6. The van der Waals surface area contributed by atoms with Crippen molar-refractivity contribution in [3.8, 4) is 0 Å². The number of phosphoric acid groups is 1. The Morgan fingerprint density at radius 2 is 1.29 bits per heavy atom. The van der Waals surface area contributed by atoms with Gasteiger partial charge in [-0.15, -0.1) is 0 Å². The van der Waals surface area contributed by atoms with Crippen molar-refractivity contribution in [3.63, 3.8) is 0 Å². The molecule has 1 unspecified atom stereocenters. The van der Waals surface area contributed by atoms with Gasteiger partial charge in [0.25, 0.3) is 0 Å². The predicted molar refractivity (Wildman–Crippen MR) is 60.1 cm³/mol. The molecule has 0 rings (SSSR count). The van der Waals surface area contributed by atoms with E-state index >= 15 is 0 Å². The first kappa shape index (κ1) is 22.9. The minimum atomic E-state index is -4.64. The lowest BCUT2D eigenvalue weighted by atomic mass is 10.1. The summed E-state index contributed by atoms with van der Waals surface area (Å²) in [5.41, 5.74) is 0. The fraction of sp³-hybridized carbons (Fsp3) is 1.00. The first-order chi connectivity index (χ1) is 9.13. The molecule has 0 bridgehead atoms. The molecule has 0 saturated heterocycles. The van der Waals surface area contributed by atoms with Gasteiger partial charge in [-0.3, -0.25) is 0 Å². The van der Waals surface area contributed by atoms with Gasteiger partial charge >= 0.3 is 20.1 Å². The van der Waals surface area contributed by atoms with Crippen LogP contribution < -0.4 is 0 Å². The molecular formula is C9H17F6O5P. The van der Waals surface area contributed by atoms with Crippen LogP contribution in [0.1, 0.15) is 38.5 Å². The molecule has 21 heavy (non-hydrogen) atoms. The van der Waals surface area contributed by atoms with E-state index in [1.54, 1.807) is 0 Å². The Balaban J connectivity index is 0. The zero-order valence-corrected chi connectivity index (χ0v) is 11.6. The summed E-state index contributed by atoms with van der Waals surface area (Å²) >= 11 is 0. The molecular weight excluding hydrogens is 333 g/mol. The molecule has 0 aliphatic carbocycles. The molecule has 0 aliphatic rings. The highest BCUT2D eigenvalue weighted by Gasteiger charge is 2.36. The van der Waals surface area contributed by atoms with Crippen molar-refractivity contribution in [3.05, 3.63) is 0 Å². The van der Waals surface area contributed by atoms with Gasteiger partial charge in [0.2, 0.25) is 0 Å². The van der Waals surface area contributed by atoms with Crippen LogP contribution in [0.2, 0.25) is 0 Å². The van der Waals surface area contributed by atoms with Gasteiger partial charge in [0, 0.05) is 6.42 Å². The number of hydrogen-bond acceptors (Lipinski definition) is 2. The molecule has 1 atom stereocenters. The molecule has 0 aromatic rings. The van der Waals surface area contributed by atoms with Crippen molar-refractivity contribution >= 4 is 7.82 Å². The number of hydrogen-bond donors (Lipinski definition) is 4. The summed E-state index contributed by atoms with van der Waals surface area (Å²) < 4.78 is 80.0. The predicted octanol–water partition coefficient (Wildman–Crippen LogP) is 2.88. The summed E-state index contributed by atoms with van der Waals surface area (Å²) in [6, 6.07) is 0. The number of halogens is 6. The quantitative estimate of drug-likeness (QED) is 0.322. The van der Waals surface area contributed by atoms with Gasteiger partial charge in [0.15, 0.2) is 6.17 Å². The summed E-state index contributed by atoms with van der Waals surface area (Å²) in [7, 11) is -4.64. The molecule has 0 radical (unpaired) electrons. The molecule has 0 saturated carbocycles. The Kier molecular flexibility index (Phi) is 10.5. The van der Waals surface area contributed by atoms with Gasteiger partial charge in [0.1, 0.15) is 0 Å². The van der Waals surface area contributed by atoms with Gasteiger partial charge in [-0.1, -0.05) is 19.3 Å². The maximum absolute atomic E-state index is 12.4. The Morgan fingerprint density at radius 1 is 0.905 bits per heavy atom. The standard InChI is InChI=1S/C9H14F6O.H3O4P/c10-7(9(14,15)16)5-3-1-2-4-6-8(11,12)13;1-5(2,3)4/h7,16H,1-6H2;(H3,1,2,3,4). The average Bonchev–Trinajstić information content (AvgIpc) is 2.17. The van der Waals surface area contributed by atoms with Crippen LogP contribution in [0.5, 0.6) is 0 Å². The SMILES string of the molecule is O=P(O)(O)O.OC(F)(F)C(F)CCCCCCC(F)(F)F. The van der Waals surface area contributed by atoms with Gasteiger partial charge in [-0.05, 0) is 12.8 Å². The zero-order valence-electron chi connectivity index (χ0n) is 10.7. The summed E-state index contributed by atoms with van der Waals surface area (Å²) in [4.78, 5) is 21.6. The molecule has 130 valence electrons. The first-order valence-corrected chi connectivity index (χ1v) is 7.28. The van der Waals surface area contributed by atoms with Crippen LogP contribution in [0.15, 0.2) is 0 Å². The molecule has 5 nitrogen and oxygen atoms in total. The minimum Gasteiger partial charge on any atom is -0.334 e. The molecule has 0 fully saturated rings. The fourth-order valence-electron chi connectivity index (χ4n) is 1.18. The minimum absolute atomic E-state index is 0.0369. The lowest BCUT2D eigenvalue weighted by molar-refractivity contribution is -0.241. The smallest absolute Gasteiger partial charge is 0.334 e. The third-order valence-corrected chi connectivity index (χ3v) is 2.04. The maximum Gasteiger partial charge on any atom is 0.466 e. The van der Waals surface area contributed by atoms with Crippen molar-refractivity contribution in [2.24, 2.45) is 0 Å². The van der Waals surface area contributed by atoms with Gasteiger partial charge < -0.3 is 19.8 Å². The molecule has 0 heterocycles. The molecule has 0 aromatic carbocycles. The molecule has 4 N–H and O–H groups in total. The van der Waals surface area contributed by atoms with Crippen LogP contribution in [0.25, 0.3) is 0 Å². The lowest BCUT2D eigenvalue weighted by Crippen LogP contribution is -2.29. The molecule has 0 aliphatic heterocycles. The van der Waals surface area contributed by atoms with Crippen molar-refractivity contribution in [2.75, 3.05) is 0 Å². The zero-order chi connectivity index (χ0) is 17.3. The van der Waals surface area contributed by atoms with E-state index in [1.807, 2.05) is 0 Å². The summed E-state index contributed by atoms with van der Waals surface area (Å²) in [5.74, 6) is 0. The van der Waals surface area contributed by atoms with Crippen LogP contribution in [0.3, 0.4) is 0 Å². The molecule has 0 spiro atoms. The topological polar surface area (TPSA) is 98.0 Å².